The van der Waals surface area contributed by atoms with Gasteiger partial charge < -0.3 is 25.4 Å². The summed E-state index contributed by atoms with van der Waals surface area (Å²) >= 11 is 0. The summed E-state index contributed by atoms with van der Waals surface area (Å²) in [5.74, 6) is 1.74. The number of carbonyl (C=O) groups excluding carboxylic acids is 2. The molecule has 44 heavy (non-hydrogen) atoms. The third kappa shape index (κ3) is 7.11. The van der Waals surface area contributed by atoms with Gasteiger partial charge in [-0.05, 0) is 80.2 Å². The van der Waals surface area contributed by atoms with Gasteiger partial charge in [0.15, 0.2) is 0 Å². The Morgan fingerprint density at radius 3 is 2.75 bits per heavy atom. The van der Waals surface area contributed by atoms with Gasteiger partial charge in [-0.15, -0.1) is 12.3 Å². The van der Waals surface area contributed by atoms with Crippen molar-refractivity contribution in [1.29, 1.82) is 0 Å². The Bertz CT molecular complexity index is 1390. The first kappa shape index (κ1) is 32.0. The molecule has 3 N–H and O–H groups in total. The monoisotopic (exact) mass is 603 g/mol. The molecule has 2 aromatic carbocycles. The lowest BCUT2D eigenvalue weighted by Gasteiger charge is -2.29. The molecule has 236 valence electrons. The van der Waals surface area contributed by atoms with Crippen LogP contribution in [0.4, 0.5) is 4.39 Å². The predicted octanol–water partition coefficient (Wildman–Crippen LogP) is 4.50. The molecule has 0 saturated heterocycles. The number of terminal acetylenes is 1. The van der Waals surface area contributed by atoms with Crippen molar-refractivity contribution in [3.63, 3.8) is 0 Å². The number of hydrogen-bond donors (Lipinski definition) is 3. The Hall–Kier alpha value is -3.41. The second kappa shape index (κ2) is 13.7. The Balaban J connectivity index is 1.40. The van der Waals surface area contributed by atoms with Crippen LogP contribution >= 0.6 is 0 Å². The lowest BCUT2D eigenvalue weighted by atomic mass is 9.94. The molecule has 1 aliphatic heterocycles. The molecule has 8 heteroatoms. The molecule has 4 atom stereocenters. The average Bonchev–Trinajstić information content (AvgIpc) is 3.94. The van der Waals surface area contributed by atoms with Crippen LogP contribution in [-0.4, -0.2) is 60.2 Å². The smallest absolute Gasteiger partial charge is 0.228 e. The van der Waals surface area contributed by atoms with Crippen LogP contribution in [0.25, 0.3) is 0 Å². The van der Waals surface area contributed by atoms with Gasteiger partial charge in [0.25, 0.3) is 0 Å². The molecule has 2 unspecified atom stereocenters. The first-order chi connectivity index (χ1) is 21.2. The highest BCUT2D eigenvalue weighted by atomic mass is 19.1. The van der Waals surface area contributed by atoms with Crippen molar-refractivity contribution in [2.45, 2.75) is 89.3 Å². The van der Waals surface area contributed by atoms with Gasteiger partial charge in [0.1, 0.15) is 11.6 Å². The van der Waals surface area contributed by atoms with Gasteiger partial charge >= 0.3 is 0 Å². The number of rotatable bonds is 9. The van der Waals surface area contributed by atoms with E-state index in [4.69, 9.17) is 11.2 Å². The third-order valence-electron chi connectivity index (χ3n) is 9.59. The minimum atomic E-state index is -1.01. The zero-order valence-corrected chi connectivity index (χ0v) is 26.0. The number of fused-ring (bicyclic) bond motifs is 3. The van der Waals surface area contributed by atoms with Gasteiger partial charge in [0.05, 0.1) is 30.1 Å². The van der Waals surface area contributed by atoms with E-state index in [-0.39, 0.29) is 36.7 Å². The Labute approximate surface area is 260 Å². The number of aryl methyl sites for hydroxylation is 1. The molecule has 0 radical (unpaired) electrons. The van der Waals surface area contributed by atoms with E-state index in [0.717, 1.165) is 32.1 Å². The first-order valence-corrected chi connectivity index (χ1v) is 16.2. The number of amides is 2. The molecule has 7 nitrogen and oxygen atoms in total. The second-order valence-electron chi connectivity index (χ2n) is 12.8. The Morgan fingerprint density at radius 1 is 1.20 bits per heavy atom. The highest BCUT2D eigenvalue weighted by Crippen LogP contribution is 2.56. The molecule has 0 aromatic heterocycles. The summed E-state index contributed by atoms with van der Waals surface area (Å²) in [4.78, 5) is 29.4. The van der Waals surface area contributed by atoms with Crippen molar-refractivity contribution in [3.8, 4) is 18.1 Å². The summed E-state index contributed by atoms with van der Waals surface area (Å²) < 4.78 is 20.6. The SMILES string of the molecule is C#CCC12CC1C(=O)N(CCC)CCCCOc1cc(F)cc(c1)C[C@@H]([C@H](O)CNC1(c3cccc(CC)c3)CC1)NC2=O. The van der Waals surface area contributed by atoms with Crippen molar-refractivity contribution in [2.24, 2.45) is 11.3 Å². The van der Waals surface area contributed by atoms with Crippen LogP contribution in [-0.2, 0) is 28.0 Å². The highest BCUT2D eigenvalue weighted by molar-refractivity contribution is 5.96. The Kier molecular flexibility index (Phi) is 9.97. The maximum Gasteiger partial charge on any atom is 0.228 e. The van der Waals surface area contributed by atoms with Crippen molar-refractivity contribution >= 4 is 11.8 Å². The Morgan fingerprint density at radius 2 is 2.02 bits per heavy atom. The van der Waals surface area contributed by atoms with Crippen LogP contribution < -0.4 is 15.4 Å². The molecule has 5 rings (SSSR count). The van der Waals surface area contributed by atoms with E-state index in [1.165, 1.54) is 23.3 Å². The summed E-state index contributed by atoms with van der Waals surface area (Å²) in [5.41, 5.74) is 1.85. The van der Waals surface area contributed by atoms with Crippen LogP contribution in [0.3, 0.4) is 0 Å². The van der Waals surface area contributed by atoms with Gasteiger partial charge in [-0.3, -0.25) is 9.59 Å². The van der Waals surface area contributed by atoms with Gasteiger partial charge in [-0.2, -0.15) is 0 Å². The minimum Gasteiger partial charge on any atom is -0.493 e. The van der Waals surface area contributed by atoms with Gasteiger partial charge in [-0.25, -0.2) is 4.39 Å². The van der Waals surface area contributed by atoms with Gasteiger partial charge in [-0.1, -0.05) is 38.1 Å². The van der Waals surface area contributed by atoms with Crippen LogP contribution in [0.2, 0.25) is 0 Å². The highest BCUT2D eigenvalue weighted by Gasteiger charge is 2.64. The molecule has 2 aromatic rings. The molecule has 2 fully saturated rings. The molecule has 2 saturated carbocycles. The summed E-state index contributed by atoms with van der Waals surface area (Å²) in [6.45, 7) is 5.95. The maximum absolute atomic E-state index is 14.7. The fourth-order valence-electron chi connectivity index (χ4n) is 6.65. The van der Waals surface area contributed by atoms with E-state index in [2.05, 4.69) is 47.7 Å². The van der Waals surface area contributed by atoms with Crippen molar-refractivity contribution in [2.75, 3.05) is 26.2 Å². The maximum atomic E-state index is 14.7. The fourth-order valence-corrected chi connectivity index (χ4v) is 6.65. The minimum absolute atomic E-state index is 0.0405. The molecule has 2 aliphatic carbocycles. The van der Waals surface area contributed by atoms with Gasteiger partial charge in [0.2, 0.25) is 11.8 Å². The topological polar surface area (TPSA) is 90.9 Å². The number of hydrogen-bond acceptors (Lipinski definition) is 5. The van der Waals surface area contributed by atoms with Crippen LogP contribution in [0.5, 0.6) is 5.75 Å². The number of nitrogens with one attached hydrogen (secondary N) is 2. The second-order valence-corrected chi connectivity index (χ2v) is 12.8. The predicted molar refractivity (Wildman–Crippen MR) is 168 cm³/mol. The van der Waals surface area contributed by atoms with Crippen molar-refractivity contribution in [3.05, 3.63) is 65.0 Å². The zero-order chi connectivity index (χ0) is 31.3. The van der Waals surface area contributed by atoms with Gasteiger partial charge in [0, 0.05) is 37.7 Å². The summed E-state index contributed by atoms with van der Waals surface area (Å²) in [5, 5.41) is 18.2. The van der Waals surface area contributed by atoms with Crippen molar-refractivity contribution < 1.29 is 23.8 Å². The quantitative estimate of drug-likeness (QED) is 0.368. The number of aliphatic hydroxyl groups is 1. The van der Waals surface area contributed by atoms with Crippen LogP contribution in [0.1, 0.15) is 75.5 Å². The fraction of sp³-hybridized carbons (Fsp3) is 0.556. The molecule has 2 amide bonds. The van der Waals surface area contributed by atoms with Crippen molar-refractivity contribution in [1.82, 2.24) is 15.5 Å². The van der Waals surface area contributed by atoms with E-state index in [1.54, 1.807) is 6.07 Å². The zero-order valence-electron chi connectivity index (χ0n) is 26.0. The molecule has 2 bridgehead atoms. The number of ether oxygens (including phenoxy) is 1. The number of aliphatic hydroxyl groups excluding tert-OH is 1. The number of benzene rings is 2. The summed E-state index contributed by atoms with van der Waals surface area (Å²) in [6.07, 6.45) is 10.6. The summed E-state index contributed by atoms with van der Waals surface area (Å²) in [7, 11) is 0. The van der Waals surface area contributed by atoms with Crippen LogP contribution in [0, 0.1) is 29.5 Å². The first-order valence-electron chi connectivity index (χ1n) is 16.2. The molecule has 3 aliphatic rings. The standard InChI is InChI=1S/C36H46FN3O4/c1-4-12-35-23-30(35)33(42)40(15-5-2)16-7-8-17-44-29-20-26(19-28(37)22-29)21-31(39-34(35)43)32(41)24-38-36(13-14-36)27-11-9-10-25(6-3)18-27/h1,9-11,18-20,22,30-32,38,41H,5-8,12-17,21,23-24H2,2-3H3,(H,39,43)/t30?,31-,32+,35?/m0/s1. The molecule has 1 heterocycles. The lowest BCUT2D eigenvalue weighted by molar-refractivity contribution is -0.137. The molecular weight excluding hydrogens is 557 g/mol. The third-order valence-corrected chi connectivity index (χ3v) is 9.59. The molecular formula is C36H46FN3O4. The molecule has 0 spiro atoms. The normalized spacial score (nSPS) is 25.7. The van der Waals surface area contributed by atoms with E-state index in [0.29, 0.717) is 43.9 Å². The van der Waals surface area contributed by atoms with E-state index < -0.39 is 29.3 Å². The number of carbonyl (C=O) groups is 2. The van der Waals surface area contributed by atoms with Crippen LogP contribution in [0.15, 0.2) is 42.5 Å². The summed E-state index contributed by atoms with van der Waals surface area (Å²) in [6, 6.07) is 12.3. The lowest BCUT2D eigenvalue weighted by Crippen LogP contribution is -2.52. The van der Waals surface area contributed by atoms with E-state index in [9.17, 15) is 19.1 Å². The van der Waals surface area contributed by atoms with E-state index >= 15 is 0 Å². The van der Waals surface area contributed by atoms with E-state index in [1.807, 2.05) is 11.8 Å². The largest absolute Gasteiger partial charge is 0.493 e. The average molecular weight is 604 g/mol. The number of halogens is 1. The number of nitrogens with zero attached hydrogens (tertiary/aromatic N) is 1.